The molecule has 1 aromatic rings. The second-order valence-corrected chi connectivity index (χ2v) is 6.40. The minimum atomic E-state index is -0.727. The van der Waals surface area contributed by atoms with E-state index in [0.29, 0.717) is 0 Å². The number of aliphatic carboxylic acids is 1. The summed E-state index contributed by atoms with van der Waals surface area (Å²) in [6.45, 7) is 4.03. The van der Waals surface area contributed by atoms with Gasteiger partial charge in [-0.05, 0) is 26.7 Å². The molecule has 1 aliphatic carbocycles. The lowest BCUT2D eigenvalue weighted by Gasteiger charge is -2.36. The monoisotopic (exact) mass is 268 g/mol. The molecule has 100 valence electrons. The highest BCUT2D eigenvalue weighted by Gasteiger charge is 2.35. The van der Waals surface area contributed by atoms with Gasteiger partial charge in [-0.1, -0.05) is 19.3 Å². The number of anilines is 1. The smallest absolute Gasteiger partial charge is 0.305 e. The molecule has 4 nitrogen and oxygen atoms in total. The van der Waals surface area contributed by atoms with Gasteiger partial charge >= 0.3 is 5.97 Å². The third kappa shape index (κ3) is 3.02. The molecular formula is C13H20N2O2S. The number of thiazole rings is 1. The van der Waals surface area contributed by atoms with E-state index in [2.05, 4.69) is 10.3 Å². The zero-order chi connectivity index (χ0) is 13.2. The Hall–Kier alpha value is -1.10. The van der Waals surface area contributed by atoms with Crippen LogP contribution in [0.1, 0.15) is 49.1 Å². The quantitative estimate of drug-likeness (QED) is 0.879. The molecule has 0 saturated heterocycles. The highest BCUT2D eigenvalue weighted by atomic mass is 32.1. The van der Waals surface area contributed by atoms with E-state index in [-0.39, 0.29) is 12.0 Å². The molecule has 0 spiro atoms. The van der Waals surface area contributed by atoms with Crippen molar-refractivity contribution in [3.05, 3.63) is 10.6 Å². The summed E-state index contributed by atoms with van der Waals surface area (Å²) in [6, 6.07) is 0. The first-order chi connectivity index (χ1) is 8.51. The van der Waals surface area contributed by atoms with Gasteiger partial charge in [-0.25, -0.2) is 4.98 Å². The fourth-order valence-corrected chi connectivity index (χ4v) is 3.55. The Balaban J connectivity index is 2.16. The average molecular weight is 268 g/mol. The number of carbonyl (C=O) groups is 1. The van der Waals surface area contributed by atoms with E-state index >= 15 is 0 Å². The highest BCUT2D eigenvalue weighted by molar-refractivity contribution is 7.15. The molecule has 1 fully saturated rings. The van der Waals surface area contributed by atoms with Crippen LogP contribution in [0.15, 0.2) is 0 Å². The van der Waals surface area contributed by atoms with Gasteiger partial charge in [0.1, 0.15) is 0 Å². The molecule has 0 amide bonds. The third-order valence-corrected chi connectivity index (χ3v) is 4.69. The van der Waals surface area contributed by atoms with Gasteiger partial charge in [-0.2, -0.15) is 0 Å². The van der Waals surface area contributed by atoms with Gasteiger partial charge in [-0.3, -0.25) is 4.79 Å². The first-order valence-electron chi connectivity index (χ1n) is 6.45. The lowest BCUT2D eigenvalue weighted by Crippen LogP contribution is -2.42. The van der Waals surface area contributed by atoms with Gasteiger partial charge in [0.15, 0.2) is 5.13 Å². The van der Waals surface area contributed by atoms with Crippen molar-refractivity contribution < 1.29 is 9.90 Å². The lowest BCUT2D eigenvalue weighted by atomic mass is 9.79. The van der Waals surface area contributed by atoms with Crippen molar-refractivity contribution in [2.45, 2.75) is 57.9 Å². The fourth-order valence-electron chi connectivity index (χ4n) is 2.62. The van der Waals surface area contributed by atoms with Gasteiger partial charge in [0.25, 0.3) is 0 Å². The van der Waals surface area contributed by atoms with Gasteiger partial charge in [0.2, 0.25) is 0 Å². The number of aromatic nitrogens is 1. The summed E-state index contributed by atoms with van der Waals surface area (Å²) in [4.78, 5) is 16.7. The molecule has 1 saturated carbocycles. The van der Waals surface area contributed by atoms with Crippen LogP contribution in [0.25, 0.3) is 0 Å². The van der Waals surface area contributed by atoms with Gasteiger partial charge in [0, 0.05) is 10.4 Å². The van der Waals surface area contributed by atoms with Gasteiger partial charge < -0.3 is 10.4 Å². The summed E-state index contributed by atoms with van der Waals surface area (Å²) in [5.41, 5.74) is 0.740. The van der Waals surface area contributed by atoms with E-state index in [1.165, 1.54) is 11.3 Å². The van der Waals surface area contributed by atoms with Crippen LogP contribution in [0, 0.1) is 13.8 Å². The Morgan fingerprint density at radius 1 is 1.39 bits per heavy atom. The standard InChI is InChI=1S/C13H20N2O2S/c1-9-10(2)18-12(14-9)15-13(8-11(16)17)6-4-3-5-7-13/h3-8H2,1-2H3,(H,14,15)(H,16,17). The van der Waals surface area contributed by atoms with Crippen molar-refractivity contribution >= 4 is 22.4 Å². The van der Waals surface area contributed by atoms with E-state index in [0.717, 1.165) is 36.5 Å². The first kappa shape index (κ1) is 13.3. The highest BCUT2D eigenvalue weighted by Crippen LogP contribution is 2.36. The topological polar surface area (TPSA) is 62.2 Å². The van der Waals surface area contributed by atoms with Crippen molar-refractivity contribution in [1.29, 1.82) is 0 Å². The summed E-state index contributed by atoms with van der Waals surface area (Å²) in [5, 5.41) is 13.4. The number of carboxylic acid groups (broad SMARTS) is 1. The van der Waals surface area contributed by atoms with E-state index in [1.807, 2.05) is 13.8 Å². The van der Waals surface area contributed by atoms with E-state index in [4.69, 9.17) is 5.11 Å². The maximum Gasteiger partial charge on any atom is 0.305 e. The normalized spacial score (nSPS) is 18.6. The number of hydrogen-bond acceptors (Lipinski definition) is 4. The number of rotatable bonds is 4. The van der Waals surface area contributed by atoms with E-state index in [1.54, 1.807) is 11.3 Å². The molecule has 18 heavy (non-hydrogen) atoms. The van der Waals surface area contributed by atoms with Crippen molar-refractivity contribution in [3.63, 3.8) is 0 Å². The summed E-state index contributed by atoms with van der Waals surface area (Å²) >= 11 is 1.62. The average Bonchev–Trinajstić information content (AvgIpc) is 2.57. The molecule has 2 rings (SSSR count). The molecule has 0 unspecified atom stereocenters. The molecule has 5 heteroatoms. The Morgan fingerprint density at radius 2 is 2.06 bits per heavy atom. The summed E-state index contributed by atoms with van der Waals surface area (Å²) in [6.07, 6.45) is 5.45. The maximum atomic E-state index is 11.1. The van der Waals surface area contributed by atoms with Crippen LogP contribution in [0.4, 0.5) is 5.13 Å². The van der Waals surface area contributed by atoms with Crippen LogP contribution >= 0.6 is 11.3 Å². The SMILES string of the molecule is Cc1nc(NC2(CC(=O)O)CCCCC2)sc1C. The summed E-state index contributed by atoms with van der Waals surface area (Å²) in [7, 11) is 0. The first-order valence-corrected chi connectivity index (χ1v) is 7.26. The molecule has 2 N–H and O–H groups in total. The number of carboxylic acids is 1. The molecule has 0 radical (unpaired) electrons. The third-order valence-electron chi connectivity index (χ3n) is 3.70. The summed E-state index contributed by atoms with van der Waals surface area (Å²) < 4.78 is 0. The molecule has 0 atom stereocenters. The van der Waals surface area contributed by atoms with E-state index < -0.39 is 5.97 Å². The Bertz CT molecular complexity index is 417. The van der Waals surface area contributed by atoms with Gasteiger partial charge in [0.05, 0.1) is 12.1 Å². The molecule has 0 bridgehead atoms. The second kappa shape index (κ2) is 5.26. The van der Waals surface area contributed by atoms with Crippen molar-refractivity contribution in [3.8, 4) is 0 Å². The minimum Gasteiger partial charge on any atom is -0.481 e. The van der Waals surface area contributed by atoms with Crippen molar-refractivity contribution in [1.82, 2.24) is 4.98 Å². The van der Waals surface area contributed by atoms with Crippen LogP contribution in [-0.4, -0.2) is 21.6 Å². The van der Waals surface area contributed by atoms with Crippen LogP contribution in [0.3, 0.4) is 0 Å². The van der Waals surface area contributed by atoms with Crippen LogP contribution in [0.2, 0.25) is 0 Å². The Kier molecular flexibility index (Phi) is 3.90. The molecule has 1 aliphatic rings. The largest absolute Gasteiger partial charge is 0.481 e. The number of aryl methyl sites for hydroxylation is 2. The van der Waals surface area contributed by atoms with E-state index in [9.17, 15) is 4.79 Å². The van der Waals surface area contributed by atoms with Crippen LogP contribution < -0.4 is 5.32 Å². The Labute approximate surface area is 111 Å². The molecular weight excluding hydrogens is 248 g/mol. The molecule has 0 aromatic carbocycles. The number of nitrogens with one attached hydrogen (secondary N) is 1. The molecule has 0 aliphatic heterocycles. The zero-order valence-corrected chi connectivity index (χ0v) is 11.8. The Morgan fingerprint density at radius 3 is 2.56 bits per heavy atom. The van der Waals surface area contributed by atoms with Crippen LogP contribution in [-0.2, 0) is 4.79 Å². The number of hydrogen-bond donors (Lipinski definition) is 2. The van der Waals surface area contributed by atoms with Crippen molar-refractivity contribution in [2.24, 2.45) is 0 Å². The van der Waals surface area contributed by atoms with Crippen molar-refractivity contribution in [2.75, 3.05) is 5.32 Å². The minimum absolute atomic E-state index is 0.185. The van der Waals surface area contributed by atoms with Gasteiger partial charge in [-0.15, -0.1) is 11.3 Å². The predicted molar refractivity (Wildman–Crippen MR) is 73.3 cm³/mol. The zero-order valence-electron chi connectivity index (χ0n) is 11.0. The predicted octanol–water partition coefficient (Wildman–Crippen LogP) is 3.35. The second-order valence-electron chi connectivity index (χ2n) is 5.20. The fraction of sp³-hybridized carbons (Fsp3) is 0.692. The summed E-state index contributed by atoms with van der Waals surface area (Å²) in [5.74, 6) is -0.727. The molecule has 1 aromatic heterocycles. The lowest BCUT2D eigenvalue weighted by molar-refractivity contribution is -0.138. The maximum absolute atomic E-state index is 11.1. The van der Waals surface area contributed by atoms with Crippen LogP contribution in [0.5, 0.6) is 0 Å². The molecule has 1 heterocycles. The number of nitrogens with zero attached hydrogens (tertiary/aromatic N) is 1.